The molecule has 0 fully saturated rings. The van der Waals surface area contributed by atoms with Crippen LogP contribution in [0.5, 0.6) is 0 Å². The van der Waals surface area contributed by atoms with Crippen molar-refractivity contribution in [2.24, 2.45) is 0 Å². The van der Waals surface area contributed by atoms with Crippen LogP contribution in [-0.2, 0) is 0 Å². The Kier molecular flexibility index (Phi) is 3.85. The van der Waals surface area contributed by atoms with Crippen LogP contribution in [0.3, 0.4) is 0 Å². The Morgan fingerprint density at radius 3 is 2.50 bits per heavy atom. The van der Waals surface area contributed by atoms with Crippen LogP contribution < -0.4 is 10.2 Å². The van der Waals surface area contributed by atoms with Gasteiger partial charge in [0.05, 0.1) is 0 Å². The predicted octanol–water partition coefficient (Wildman–Crippen LogP) is 2.73. The van der Waals surface area contributed by atoms with Gasteiger partial charge in [-0.1, -0.05) is 0 Å². The van der Waals surface area contributed by atoms with Gasteiger partial charge in [0.1, 0.15) is 18.2 Å². The first-order chi connectivity index (χ1) is 12.6. The molecule has 0 atom stereocenters. The first-order valence-electron chi connectivity index (χ1n) is 7.94. The van der Waals surface area contributed by atoms with Crippen molar-refractivity contribution >= 4 is 28.7 Å². The van der Waals surface area contributed by atoms with Crippen LogP contribution in [0, 0.1) is 0 Å². The van der Waals surface area contributed by atoms with Crippen molar-refractivity contribution in [2.45, 2.75) is 0 Å². The third-order valence-corrected chi connectivity index (χ3v) is 3.86. The minimum atomic E-state index is -0.198. The highest BCUT2D eigenvalue weighted by molar-refractivity contribution is 6.05. The maximum atomic E-state index is 12.5. The summed E-state index contributed by atoms with van der Waals surface area (Å²) in [7, 11) is 3.72. The first-order valence-corrected chi connectivity index (χ1v) is 7.94. The van der Waals surface area contributed by atoms with Crippen LogP contribution in [-0.4, -0.2) is 39.8 Å². The van der Waals surface area contributed by atoms with Crippen LogP contribution in [0.25, 0.3) is 16.8 Å². The van der Waals surface area contributed by atoms with E-state index in [-0.39, 0.29) is 5.91 Å². The molecule has 26 heavy (non-hydrogen) atoms. The Balaban J connectivity index is 1.53. The smallest absolute Gasteiger partial charge is 0.297 e. The van der Waals surface area contributed by atoms with Gasteiger partial charge < -0.3 is 14.6 Å². The number of fused-ring (bicyclic) bond motifs is 1. The van der Waals surface area contributed by atoms with E-state index < -0.39 is 0 Å². The molecule has 0 saturated carbocycles. The second-order valence-corrected chi connectivity index (χ2v) is 5.94. The summed E-state index contributed by atoms with van der Waals surface area (Å²) in [6, 6.07) is 13.1. The molecule has 4 rings (SSSR count). The molecule has 0 unspecified atom stereocenters. The van der Waals surface area contributed by atoms with Crippen molar-refractivity contribution in [3.63, 3.8) is 0 Å². The number of carbonyl (C=O) groups excluding carboxylic acids is 1. The lowest BCUT2D eigenvalue weighted by Crippen LogP contribution is -2.11. The largest absolute Gasteiger partial charge is 0.423 e. The maximum absolute atomic E-state index is 12.5. The molecule has 0 radical (unpaired) electrons. The second-order valence-electron chi connectivity index (χ2n) is 5.94. The van der Waals surface area contributed by atoms with Gasteiger partial charge in [-0.05, 0) is 42.5 Å². The zero-order valence-electron chi connectivity index (χ0n) is 14.2. The molecule has 0 saturated heterocycles. The molecule has 8 nitrogen and oxygen atoms in total. The van der Waals surface area contributed by atoms with Crippen LogP contribution in [0.1, 0.15) is 10.4 Å². The van der Waals surface area contributed by atoms with Gasteiger partial charge in [-0.2, -0.15) is 4.98 Å². The Labute approximate surface area is 149 Å². The molecular weight excluding hydrogens is 332 g/mol. The number of aromatic nitrogens is 4. The van der Waals surface area contributed by atoms with Crippen molar-refractivity contribution in [1.82, 2.24) is 19.7 Å². The average Bonchev–Trinajstić information content (AvgIpc) is 3.31. The SMILES string of the molecule is CN(C)c1nc2cc(NC(=O)c3ccc(-n4cnnc4)cc3)ccc2o1. The monoisotopic (exact) mass is 348 g/mol. The van der Waals surface area contributed by atoms with E-state index in [1.165, 1.54) is 0 Å². The summed E-state index contributed by atoms with van der Waals surface area (Å²) in [6.07, 6.45) is 3.20. The summed E-state index contributed by atoms with van der Waals surface area (Å²) in [6.45, 7) is 0. The normalized spacial score (nSPS) is 10.8. The van der Waals surface area contributed by atoms with E-state index in [9.17, 15) is 4.79 Å². The number of hydrogen-bond donors (Lipinski definition) is 1. The molecule has 0 aliphatic heterocycles. The molecule has 0 bridgehead atoms. The molecule has 0 spiro atoms. The number of hydrogen-bond acceptors (Lipinski definition) is 6. The Hall–Kier alpha value is -3.68. The highest BCUT2D eigenvalue weighted by Gasteiger charge is 2.10. The van der Waals surface area contributed by atoms with Gasteiger partial charge in [-0.15, -0.1) is 10.2 Å². The Bertz CT molecular complexity index is 1050. The van der Waals surface area contributed by atoms with E-state index in [1.807, 2.05) is 26.2 Å². The van der Waals surface area contributed by atoms with Crippen LogP contribution >= 0.6 is 0 Å². The molecule has 4 aromatic rings. The summed E-state index contributed by atoms with van der Waals surface area (Å²) >= 11 is 0. The number of carbonyl (C=O) groups is 1. The fourth-order valence-electron chi connectivity index (χ4n) is 2.51. The number of benzene rings is 2. The Morgan fingerprint density at radius 1 is 1.08 bits per heavy atom. The van der Waals surface area contributed by atoms with Crippen molar-refractivity contribution in [2.75, 3.05) is 24.3 Å². The minimum Gasteiger partial charge on any atom is -0.423 e. The van der Waals surface area contributed by atoms with Crippen LogP contribution in [0.15, 0.2) is 59.5 Å². The van der Waals surface area contributed by atoms with E-state index in [4.69, 9.17) is 4.42 Å². The molecule has 0 aliphatic rings. The minimum absolute atomic E-state index is 0.198. The van der Waals surface area contributed by atoms with Gasteiger partial charge in [-0.25, -0.2) is 0 Å². The number of anilines is 2. The first kappa shape index (κ1) is 15.8. The van der Waals surface area contributed by atoms with Crippen molar-refractivity contribution in [1.29, 1.82) is 0 Å². The topological polar surface area (TPSA) is 89.1 Å². The second kappa shape index (κ2) is 6.32. The average molecular weight is 348 g/mol. The number of oxazole rings is 1. The van der Waals surface area contributed by atoms with E-state index in [2.05, 4.69) is 20.5 Å². The third-order valence-electron chi connectivity index (χ3n) is 3.86. The third kappa shape index (κ3) is 3.00. The van der Waals surface area contributed by atoms with Gasteiger partial charge in [0, 0.05) is 31.0 Å². The van der Waals surface area contributed by atoms with Crippen molar-refractivity contribution in [3.8, 4) is 5.69 Å². The van der Waals surface area contributed by atoms with Crippen molar-refractivity contribution < 1.29 is 9.21 Å². The number of nitrogens with one attached hydrogen (secondary N) is 1. The number of nitrogens with zero attached hydrogens (tertiary/aromatic N) is 5. The van der Waals surface area contributed by atoms with Gasteiger partial charge in [-0.3, -0.25) is 9.36 Å². The zero-order valence-corrected chi connectivity index (χ0v) is 14.2. The van der Waals surface area contributed by atoms with Gasteiger partial charge in [0.25, 0.3) is 11.9 Å². The summed E-state index contributed by atoms with van der Waals surface area (Å²) in [4.78, 5) is 18.6. The van der Waals surface area contributed by atoms with Gasteiger partial charge in [0.15, 0.2) is 5.58 Å². The molecule has 2 heterocycles. The molecule has 1 N–H and O–H groups in total. The van der Waals surface area contributed by atoms with Gasteiger partial charge >= 0.3 is 0 Å². The molecule has 8 heteroatoms. The van der Waals surface area contributed by atoms with Crippen LogP contribution in [0.2, 0.25) is 0 Å². The fraction of sp³-hybridized carbons (Fsp3) is 0.111. The summed E-state index contributed by atoms with van der Waals surface area (Å²) in [5.74, 6) is -0.198. The zero-order chi connectivity index (χ0) is 18.1. The summed E-state index contributed by atoms with van der Waals surface area (Å²) < 4.78 is 7.38. The fourth-order valence-corrected chi connectivity index (χ4v) is 2.51. The molecule has 2 aromatic heterocycles. The summed E-state index contributed by atoms with van der Waals surface area (Å²) in [5.41, 5.74) is 3.45. The van der Waals surface area contributed by atoms with E-state index in [0.29, 0.717) is 28.4 Å². The lowest BCUT2D eigenvalue weighted by atomic mass is 10.2. The molecule has 0 aliphatic carbocycles. The van der Waals surface area contributed by atoms with Crippen molar-refractivity contribution in [3.05, 3.63) is 60.7 Å². The maximum Gasteiger partial charge on any atom is 0.297 e. The number of amides is 1. The molecule has 1 amide bonds. The quantitative estimate of drug-likeness (QED) is 0.610. The molecular formula is C18H16N6O2. The summed E-state index contributed by atoms with van der Waals surface area (Å²) in [5, 5.41) is 10.4. The molecule has 130 valence electrons. The lowest BCUT2D eigenvalue weighted by molar-refractivity contribution is 0.102. The van der Waals surface area contributed by atoms with E-state index in [1.54, 1.807) is 52.5 Å². The van der Waals surface area contributed by atoms with Gasteiger partial charge in [0.2, 0.25) is 0 Å². The highest BCUT2D eigenvalue weighted by Crippen LogP contribution is 2.24. The lowest BCUT2D eigenvalue weighted by Gasteiger charge is -2.06. The highest BCUT2D eigenvalue weighted by atomic mass is 16.4. The molecule has 2 aromatic carbocycles. The van der Waals surface area contributed by atoms with Crippen LogP contribution in [0.4, 0.5) is 11.7 Å². The number of rotatable bonds is 4. The predicted molar refractivity (Wildman–Crippen MR) is 97.6 cm³/mol. The Morgan fingerprint density at radius 2 is 1.81 bits per heavy atom. The standard InChI is InChI=1S/C18H16N6O2/c1-23(2)18-22-15-9-13(5-8-16(15)26-18)21-17(25)12-3-6-14(7-4-12)24-10-19-20-11-24/h3-11H,1-2H3,(H,21,25). The van der Waals surface area contributed by atoms with E-state index >= 15 is 0 Å². The van der Waals surface area contributed by atoms with E-state index in [0.717, 1.165) is 5.69 Å².